The van der Waals surface area contributed by atoms with Crippen molar-refractivity contribution in [3.05, 3.63) is 34.9 Å². The van der Waals surface area contributed by atoms with Crippen molar-refractivity contribution >= 4 is 0 Å². The van der Waals surface area contributed by atoms with Gasteiger partial charge in [0.1, 0.15) is 0 Å². The summed E-state index contributed by atoms with van der Waals surface area (Å²) in [6.45, 7) is 13.9. The second-order valence-electron chi connectivity index (χ2n) is 6.08. The van der Waals surface area contributed by atoms with Crippen molar-refractivity contribution in [2.45, 2.75) is 46.3 Å². The van der Waals surface area contributed by atoms with Crippen molar-refractivity contribution < 1.29 is 4.74 Å². The van der Waals surface area contributed by atoms with Crippen LogP contribution in [-0.4, -0.2) is 43.8 Å². The number of aryl methyl sites for hydroxylation is 2. The van der Waals surface area contributed by atoms with E-state index in [1.54, 1.807) is 0 Å². The van der Waals surface area contributed by atoms with E-state index >= 15 is 0 Å². The third-order valence-electron chi connectivity index (χ3n) is 4.50. The van der Waals surface area contributed by atoms with Crippen LogP contribution in [0.1, 0.15) is 43.0 Å². The van der Waals surface area contributed by atoms with Crippen LogP contribution in [0.5, 0.6) is 0 Å². The summed E-state index contributed by atoms with van der Waals surface area (Å²) in [4.78, 5) is 2.48. The maximum Gasteiger partial charge on any atom is 0.0896 e. The van der Waals surface area contributed by atoms with Crippen LogP contribution in [-0.2, 0) is 4.74 Å². The van der Waals surface area contributed by atoms with Gasteiger partial charge in [-0.2, -0.15) is 0 Å². The Bertz CT molecular complexity index is 447. The zero-order chi connectivity index (χ0) is 15.2. The molecule has 1 fully saturated rings. The Morgan fingerprint density at radius 2 is 2.10 bits per heavy atom. The van der Waals surface area contributed by atoms with Gasteiger partial charge < -0.3 is 10.1 Å². The minimum absolute atomic E-state index is 0.243. The standard InChI is InChI=1S/C18H30N2O/c1-5-9-19-18(16-8-7-14(3)15(4)12-16)17-13-20(6-2)10-11-21-17/h7-8,12,17-19H,5-6,9-11,13H2,1-4H3. The van der Waals surface area contributed by atoms with Crippen LogP contribution < -0.4 is 5.32 Å². The molecule has 1 N–H and O–H groups in total. The minimum atomic E-state index is 0.243. The van der Waals surface area contributed by atoms with E-state index in [-0.39, 0.29) is 6.10 Å². The monoisotopic (exact) mass is 290 g/mol. The molecule has 0 amide bonds. The van der Waals surface area contributed by atoms with Gasteiger partial charge in [0.25, 0.3) is 0 Å². The average Bonchev–Trinajstić information content (AvgIpc) is 2.51. The molecule has 1 aliphatic heterocycles. The Labute approximate surface area is 129 Å². The number of hydrogen-bond acceptors (Lipinski definition) is 3. The Morgan fingerprint density at radius 1 is 1.29 bits per heavy atom. The Kier molecular flexibility index (Phi) is 6.22. The highest BCUT2D eigenvalue weighted by molar-refractivity contribution is 5.32. The highest BCUT2D eigenvalue weighted by Gasteiger charge is 2.28. The Balaban J connectivity index is 2.18. The molecular formula is C18H30N2O. The third kappa shape index (κ3) is 4.29. The third-order valence-corrected chi connectivity index (χ3v) is 4.50. The van der Waals surface area contributed by atoms with Gasteiger partial charge in [-0.15, -0.1) is 0 Å². The normalized spacial score (nSPS) is 21.4. The molecular weight excluding hydrogens is 260 g/mol. The summed E-state index contributed by atoms with van der Waals surface area (Å²) >= 11 is 0. The highest BCUT2D eigenvalue weighted by atomic mass is 16.5. The number of nitrogens with zero attached hydrogens (tertiary/aromatic N) is 1. The molecule has 1 aliphatic rings. The predicted octanol–water partition coefficient (Wildman–Crippen LogP) is 3.06. The molecule has 0 spiro atoms. The van der Waals surface area contributed by atoms with E-state index < -0.39 is 0 Å². The zero-order valence-electron chi connectivity index (χ0n) is 14.0. The van der Waals surface area contributed by atoms with Gasteiger partial charge >= 0.3 is 0 Å². The van der Waals surface area contributed by atoms with Gasteiger partial charge in [0, 0.05) is 13.1 Å². The van der Waals surface area contributed by atoms with E-state index in [1.807, 2.05) is 0 Å². The summed E-state index contributed by atoms with van der Waals surface area (Å²) in [5.74, 6) is 0. The summed E-state index contributed by atoms with van der Waals surface area (Å²) in [5.41, 5.74) is 4.07. The van der Waals surface area contributed by atoms with E-state index in [0.717, 1.165) is 39.2 Å². The summed E-state index contributed by atoms with van der Waals surface area (Å²) < 4.78 is 6.09. The lowest BCUT2D eigenvalue weighted by Gasteiger charge is -2.37. The number of benzene rings is 1. The molecule has 0 saturated carbocycles. The van der Waals surface area contributed by atoms with E-state index in [9.17, 15) is 0 Å². The number of hydrogen-bond donors (Lipinski definition) is 1. The van der Waals surface area contributed by atoms with Gasteiger partial charge in [0.05, 0.1) is 18.8 Å². The van der Waals surface area contributed by atoms with Crippen molar-refractivity contribution in [2.24, 2.45) is 0 Å². The maximum atomic E-state index is 6.09. The number of rotatable bonds is 6. The molecule has 1 aromatic rings. The Morgan fingerprint density at radius 3 is 2.76 bits per heavy atom. The number of ether oxygens (including phenoxy) is 1. The second kappa shape index (κ2) is 7.92. The molecule has 3 heteroatoms. The first-order valence-electron chi connectivity index (χ1n) is 8.30. The van der Waals surface area contributed by atoms with E-state index in [2.05, 4.69) is 56.1 Å². The van der Waals surface area contributed by atoms with Gasteiger partial charge in [0.15, 0.2) is 0 Å². The van der Waals surface area contributed by atoms with Crippen LogP contribution in [0.4, 0.5) is 0 Å². The highest BCUT2D eigenvalue weighted by Crippen LogP contribution is 2.24. The fourth-order valence-electron chi connectivity index (χ4n) is 2.94. The smallest absolute Gasteiger partial charge is 0.0896 e. The molecule has 1 saturated heterocycles. The summed E-state index contributed by atoms with van der Waals surface area (Å²) in [5, 5.41) is 3.70. The van der Waals surface area contributed by atoms with Gasteiger partial charge in [-0.25, -0.2) is 0 Å². The largest absolute Gasteiger partial charge is 0.374 e. The van der Waals surface area contributed by atoms with Crippen LogP contribution in [0.2, 0.25) is 0 Å². The zero-order valence-corrected chi connectivity index (χ0v) is 14.0. The van der Waals surface area contributed by atoms with Gasteiger partial charge in [-0.3, -0.25) is 4.90 Å². The van der Waals surface area contributed by atoms with Crippen LogP contribution >= 0.6 is 0 Å². The lowest BCUT2D eigenvalue weighted by atomic mass is 9.96. The molecule has 2 rings (SSSR count). The molecule has 21 heavy (non-hydrogen) atoms. The first-order valence-corrected chi connectivity index (χ1v) is 8.30. The van der Waals surface area contributed by atoms with E-state index in [0.29, 0.717) is 6.04 Å². The maximum absolute atomic E-state index is 6.09. The lowest BCUT2D eigenvalue weighted by molar-refractivity contribution is -0.0455. The van der Waals surface area contributed by atoms with Crippen molar-refractivity contribution in [3.63, 3.8) is 0 Å². The van der Waals surface area contributed by atoms with Crippen LogP contribution in [0.25, 0.3) is 0 Å². The second-order valence-corrected chi connectivity index (χ2v) is 6.08. The quantitative estimate of drug-likeness (QED) is 0.871. The summed E-state index contributed by atoms with van der Waals surface area (Å²) in [6, 6.07) is 7.09. The molecule has 2 atom stereocenters. The van der Waals surface area contributed by atoms with E-state index in [4.69, 9.17) is 4.74 Å². The summed E-state index contributed by atoms with van der Waals surface area (Å²) in [6.07, 6.45) is 1.39. The first-order chi connectivity index (χ1) is 10.2. The van der Waals surface area contributed by atoms with Gasteiger partial charge in [0.2, 0.25) is 0 Å². The topological polar surface area (TPSA) is 24.5 Å². The SMILES string of the molecule is CCCNC(c1ccc(C)c(C)c1)C1CN(CC)CCO1. The average molecular weight is 290 g/mol. The molecule has 1 heterocycles. The first kappa shape index (κ1) is 16.5. The van der Waals surface area contributed by atoms with Crippen molar-refractivity contribution in [2.75, 3.05) is 32.8 Å². The molecule has 1 aromatic carbocycles. The summed E-state index contributed by atoms with van der Waals surface area (Å²) in [7, 11) is 0. The van der Waals surface area contributed by atoms with Gasteiger partial charge in [-0.05, 0) is 50.0 Å². The van der Waals surface area contributed by atoms with Crippen molar-refractivity contribution in [1.29, 1.82) is 0 Å². The molecule has 0 aliphatic carbocycles. The van der Waals surface area contributed by atoms with Crippen LogP contribution in [0.15, 0.2) is 18.2 Å². The number of likely N-dealkylation sites (N-methyl/N-ethyl adjacent to an activating group) is 1. The molecule has 0 radical (unpaired) electrons. The molecule has 0 aromatic heterocycles. The molecule has 3 nitrogen and oxygen atoms in total. The van der Waals surface area contributed by atoms with Crippen molar-refractivity contribution in [3.8, 4) is 0 Å². The minimum Gasteiger partial charge on any atom is -0.374 e. The number of morpholine rings is 1. The molecule has 2 unspecified atom stereocenters. The van der Waals surface area contributed by atoms with Crippen molar-refractivity contribution in [1.82, 2.24) is 10.2 Å². The predicted molar refractivity (Wildman–Crippen MR) is 88.8 cm³/mol. The fraction of sp³-hybridized carbons (Fsp3) is 0.667. The number of nitrogens with one attached hydrogen (secondary N) is 1. The fourth-order valence-corrected chi connectivity index (χ4v) is 2.94. The van der Waals surface area contributed by atoms with Crippen LogP contribution in [0.3, 0.4) is 0 Å². The molecule has 118 valence electrons. The Hall–Kier alpha value is -0.900. The van der Waals surface area contributed by atoms with Gasteiger partial charge in [-0.1, -0.05) is 32.0 Å². The van der Waals surface area contributed by atoms with Crippen LogP contribution in [0, 0.1) is 13.8 Å². The molecule has 0 bridgehead atoms. The lowest BCUT2D eigenvalue weighted by Crippen LogP contribution is -2.48. The van der Waals surface area contributed by atoms with E-state index in [1.165, 1.54) is 16.7 Å².